The molecule has 174 valence electrons. The summed E-state index contributed by atoms with van der Waals surface area (Å²) in [4.78, 5) is 27.8. The molecule has 0 saturated carbocycles. The molecule has 1 aliphatic rings. The second-order valence-electron chi connectivity index (χ2n) is 8.01. The molecule has 3 aromatic carbocycles. The number of benzene rings is 3. The van der Waals surface area contributed by atoms with E-state index in [9.17, 15) is 9.59 Å². The van der Waals surface area contributed by atoms with Gasteiger partial charge in [-0.2, -0.15) is 0 Å². The molecule has 0 fully saturated rings. The van der Waals surface area contributed by atoms with E-state index < -0.39 is 11.3 Å². The van der Waals surface area contributed by atoms with Gasteiger partial charge in [-0.05, 0) is 61.7 Å². The zero-order chi connectivity index (χ0) is 24.2. The molecular weight excluding hydrogens is 450 g/mol. The summed E-state index contributed by atoms with van der Waals surface area (Å²) in [5, 5.41) is -0.938. The van der Waals surface area contributed by atoms with Gasteiger partial charge in [-0.3, -0.25) is 4.79 Å². The van der Waals surface area contributed by atoms with Crippen molar-refractivity contribution in [2.24, 2.45) is 0 Å². The average molecular weight is 476 g/mol. The summed E-state index contributed by atoms with van der Waals surface area (Å²) >= 11 is 6.28. The van der Waals surface area contributed by atoms with Crippen molar-refractivity contribution in [1.82, 2.24) is 0 Å². The third kappa shape index (κ3) is 4.85. The van der Waals surface area contributed by atoms with E-state index in [1.807, 2.05) is 42.5 Å². The van der Waals surface area contributed by atoms with Crippen molar-refractivity contribution in [3.05, 3.63) is 94.7 Å². The Bertz CT molecular complexity index is 1230. The third-order valence-electron chi connectivity index (χ3n) is 5.78. The highest BCUT2D eigenvalue weighted by atomic mass is 35.5. The lowest BCUT2D eigenvalue weighted by molar-refractivity contribution is -0.134. The highest BCUT2D eigenvalue weighted by molar-refractivity contribution is 6.30. The van der Waals surface area contributed by atoms with E-state index in [1.54, 1.807) is 37.3 Å². The number of allylic oxidation sites excluding steroid dienone is 1. The summed E-state index contributed by atoms with van der Waals surface area (Å²) in [6.07, 6.45) is 1.73. The Labute approximate surface area is 204 Å². The zero-order valence-corrected chi connectivity index (χ0v) is 20.1. The molecule has 1 heterocycles. The van der Waals surface area contributed by atoms with Gasteiger partial charge in [-0.1, -0.05) is 42.5 Å². The van der Waals surface area contributed by atoms with E-state index in [0.29, 0.717) is 22.4 Å². The van der Waals surface area contributed by atoms with E-state index in [0.717, 1.165) is 24.3 Å². The van der Waals surface area contributed by atoms with Crippen LogP contribution in [0, 0.1) is 6.92 Å². The van der Waals surface area contributed by atoms with Crippen LogP contribution >= 0.6 is 11.6 Å². The monoisotopic (exact) mass is 475 g/mol. The number of rotatable bonds is 7. The van der Waals surface area contributed by atoms with Gasteiger partial charge in [0.25, 0.3) is 0 Å². The Balaban J connectivity index is 1.52. The van der Waals surface area contributed by atoms with Crippen molar-refractivity contribution < 1.29 is 19.1 Å². The van der Waals surface area contributed by atoms with Crippen LogP contribution in [0.15, 0.2) is 72.5 Å². The fourth-order valence-corrected chi connectivity index (χ4v) is 4.17. The Hall–Kier alpha value is -3.57. The topological polar surface area (TPSA) is 55.8 Å². The maximum atomic E-state index is 13.0. The zero-order valence-electron chi connectivity index (χ0n) is 19.4. The molecule has 0 bridgehead atoms. The molecule has 6 heteroatoms. The third-order valence-corrected chi connectivity index (χ3v) is 6.21. The summed E-state index contributed by atoms with van der Waals surface area (Å²) in [5.74, 6) is 0.0834. The first-order valence-corrected chi connectivity index (χ1v) is 11.7. The van der Waals surface area contributed by atoms with Gasteiger partial charge in [-0.15, -0.1) is 11.6 Å². The number of carbonyl (C=O) groups excluding carboxylic acids is 2. The van der Waals surface area contributed by atoms with E-state index in [1.165, 1.54) is 0 Å². The summed E-state index contributed by atoms with van der Waals surface area (Å²) in [7, 11) is 0. The summed E-state index contributed by atoms with van der Waals surface area (Å²) in [6, 6.07) is 20.2. The lowest BCUT2D eigenvalue weighted by Gasteiger charge is -2.20. The average Bonchev–Trinajstić information content (AvgIpc) is 3.16. The number of carbonyl (C=O) groups is 2. The lowest BCUT2D eigenvalue weighted by Crippen LogP contribution is -2.21. The number of fused-ring (bicyclic) bond motifs is 1. The molecule has 4 rings (SSSR count). The van der Waals surface area contributed by atoms with Crippen molar-refractivity contribution in [2.45, 2.75) is 26.1 Å². The molecule has 0 spiro atoms. The predicted molar refractivity (Wildman–Crippen MR) is 135 cm³/mol. The van der Waals surface area contributed by atoms with Crippen molar-refractivity contribution in [2.75, 3.05) is 18.0 Å². The minimum absolute atomic E-state index is 0.197. The van der Waals surface area contributed by atoms with Crippen LogP contribution in [0.2, 0.25) is 0 Å². The summed E-state index contributed by atoms with van der Waals surface area (Å²) in [5.41, 5.74) is 3.78. The number of nitrogens with zero attached hydrogens (tertiary/aromatic N) is 1. The predicted octanol–water partition coefficient (Wildman–Crippen LogP) is 6.34. The lowest BCUT2D eigenvalue weighted by atomic mass is 10.0. The van der Waals surface area contributed by atoms with E-state index in [-0.39, 0.29) is 17.3 Å². The van der Waals surface area contributed by atoms with Crippen molar-refractivity contribution in [3.63, 3.8) is 0 Å². The number of ether oxygens (including phenoxy) is 2. The first kappa shape index (κ1) is 23.6. The number of ketones is 1. The number of anilines is 1. The number of Topliss-reactive ketones (excluding diaryl/α,β-unsaturated/α-hetero) is 1. The van der Waals surface area contributed by atoms with Crippen LogP contribution in [0.1, 0.15) is 46.3 Å². The minimum atomic E-state index is -0.938. The van der Waals surface area contributed by atoms with Crippen LogP contribution in [0.5, 0.6) is 11.5 Å². The minimum Gasteiger partial charge on any atom is -0.452 e. The number of alkyl halides is 1. The van der Waals surface area contributed by atoms with Crippen LogP contribution in [0.3, 0.4) is 0 Å². The van der Waals surface area contributed by atoms with Gasteiger partial charge in [0.05, 0.1) is 5.56 Å². The molecule has 0 amide bonds. The number of halogens is 1. The molecule has 0 saturated heterocycles. The first-order valence-electron chi connectivity index (χ1n) is 11.3. The van der Waals surface area contributed by atoms with E-state index in [2.05, 4.69) is 18.7 Å². The van der Waals surface area contributed by atoms with Gasteiger partial charge in [-0.25, -0.2) is 4.79 Å². The quantitative estimate of drug-likeness (QED) is 0.173. The van der Waals surface area contributed by atoms with Crippen LogP contribution in [-0.2, 0) is 4.79 Å². The Kier molecular flexibility index (Phi) is 7.03. The maximum absolute atomic E-state index is 13.0. The number of aryl methyl sites for hydroxylation is 1. The van der Waals surface area contributed by atoms with E-state index in [4.69, 9.17) is 21.1 Å². The summed E-state index contributed by atoms with van der Waals surface area (Å²) < 4.78 is 11.4. The van der Waals surface area contributed by atoms with Crippen LogP contribution in [0.25, 0.3) is 6.08 Å². The molecular formula is C28H26ClNO4. The fraction of sp³-hybridized carbons (Fsp3) is 0.214. The molecule has 1 atom stereocenters. The highest BCUT2D eigenvalue weighted by Crippen LogP contribution is 2.38. The van der Waals surface area contributed by atoms with Crippen molar-refractivity contribution >= 4 is 35.1 Å². The SMILES string of the molecule is CCN(CC)c1ccc(/C=C2\Oc3cc(OC(=O)C(Cl)c4ccccc4)cc(C)c3C2=O)cc1. The Morgan fingerprint density at radius 1 is 1.06 bits per heavy atom. The van der Waals surface area contributed by atoms with Gasteiger partial charge in [0.15, 0.2) is 11.1 Å². The summed E-state index contributed by atoms with van der Waals surface area (Å²) in [6.45, 7) is 7.87. The smallest absolute Gasteiger partial charge is 0.334 e. The molecule has 0 aromatic heterocycles. The van der Waals surface area contributed by atoms with Gasteiger partial charge >= 0.3 is 5.97 Å². The Morgan fingerprint density at radius 3 is 2.38 bits per heavy atom. The molecule has 0 aliphatic carbocycles. The fourth-order valence-electron chi connectivity index (χ4n) is 3.98. The molecule has 34 heavy (non-hydrogen) atoms. The van der Waals surface area contributed by atoms with Gasteiger partial charge < -0.3 is 14.4 Å². The molecule has 0 radical (unpaired) electrons. The standard InChI is InChI=1S/C28H26ClNO4/c1-4-30(5-2)21-13-11-19(12-14-21)16-24-27(31)25-18(3)15-22(17-23(25)34-24)33-28(32)26(29)20-9-7-6-8-10-20/h6-17,26H,4-5H2,1-3H3/b24-16-. The largest absolute Gasteiger partial charge is 0.452 e. The molecule has 5 nitrogen and oxygen atoms in total. The van der Waals surface area contributed by atoms with Gasteiger partial charge in [0, 0.05) is 24.8 Å². The molecule has 0 N–H and O–H groups in total. The van der Waals surface area contributed by atoms with Crippen LogP contribution in [0.4, 0.5) is 5.69 Å². The van der Waals surface area contributed by atoms with Crippen LogP contribution < -0.4 is 14.4 Å². The number of hydrogen-bond donors (Lipinski definition) is 0. The highest BCUT2D eigenvalue weighted by Gasteiger charge is 2.31. The Morgan fingerprint density at radius 2 is 1.74 bits per heavy atom. The van der Waals surface area contributed by atoms with Gasteiger partial charge in [0.2, 0.25) is 5.78 Å². The van der Waals surface area contributed by atoms with Crippen molar-refractivity contribution in [3.8, 4) is 11.5 Å². The maximum Gasteiger partial charge on any atom is 0.334 e. The number of hydrogen-bond acceptors (Lipinski definition) is 5. The van der Waals surface area contributed by atoms with Gasteiger partial charge in [0.1, 0.15) is 11.5 Å². The second-order valence-corrected chi connectivity index (χ2v) is 8.45. The van der Waals surface area contributed by atoms with E-state index >= 15 is 0 Å². The molecule has 1 aliphatic heterocycles. The molecule has 3 aromatic rings. The van der Waals surface area contributed by atoms with Crippen molar-refractivity contribution in [1.29, 1.82) is 0 Å². The normalized spacial score (nSPS) is 14.5. The molecule has 1 unspecified atom stereocenters. The van der Waals surface area contributed by atoms with Crippen LogP contribution in [-0.4, -0.2) is 24.8 Å². The number of esters is 1. The first-order chi connectivity index (χ1) is 16.4. The second kappa shape index (κ2) is 10.1.